The highest BCUT2D eigenvalue weighted by atomic mass is 16.5. The first-order chi connectivity index (χ1) is 14.0. The molecule has 0 heterocycles. The molecule has 8 nitrogen and oxygen atoms in total. The standard InChI is InChI=1S/C21H22N2O6/c1-27-17-11-14(7-10-16(17)28-12-18(22)24)21(26)29-19(13-5-3-2-4-6-13)20(25)23-15-8-9-15/h2-7,10-11,15,19H,8-9,12H2,1H3,(H2,22,24)(H,23,25). The minimum atomic E-state index is -1.07. The zero-order valence-electron chi connectivity index (χ0n) is 15.9. The van der Waals surface area contributed by atoms with Gasteiger partial charge in [-0.25, -0.2) is 4.79 Å². The van der Waals surface area contributed by atoms with E-state index in [9.17, 15) is 14.4 Å². The van der Waals surface area contributed by atoms with Crippen molar-refractivity contribution in [3.63, 3.8) is 0 Å². The molecule has 2 aromatic rings. The van der Waals surface area contributed by atoms with E-state index in [0.29, 0.717) is 5.56 Å². The van der Waals surface area contributed by atoms with Crippen LogP contribution in [0.2, 0.25) is 0 Å². The maximum atomic E-state index is 12.7. The quantitative estimate of drug-likeness (QED) is 0.622. The number of benzene rings is 2. The Morgan fingerprint density at radius 3 is 2.45 bits per heavy atom. The first-order valence-electron chi connectivity index (χ1n) is 9.13. The Balaban J connectivity index is 1.78. The molecular weight excluding hydrogens is 376 g/mol. The maximum absolute atomic E-state index is 12.7. The van der Waals surface area contributed by atoms with E-state index in [-0.39, 0.29) is 35.6 Å². The van der Waals surface area contributed by atoms with Gasteiger partial charge < -0.3 is 25.3 Å². The fourth-order valence-corrected chi connectivity index (χ4v) is 2.64. The van der Waals surface area contributed by atoms with Gasteiger partial charge in [-0.2, -0.15) is 0 Å². The molecule has 1 saturated carbocycles. The molecule has 0 radical (unpaired) electrons. The Bertz CT molecular complexity index is 895. The number of nitrogens with two attached hydrogens (primary N) is 1. The molecule has 1 unspecified atom stereocenters. The van der Waals surface area contributed by atoms with Crippen molar-refractivity contribution in [2.24, 2.45) is 5.73 Å². The second kappa shape index (κ2) is 9.09. The Hall–Kier alpha value is -3.55. The summed E-state index contributed by atoms with van der Waals surface area (Å²) in [6.45, 7) is -0.322. The van der Waals surface area contributed by atoms with Crippen molar-refractivity contribution in [2.45, 2.75) is 25.0 Å². The molecule has 1 aliphatic carbocycles. The summed E-state index contributed by atoms with van der Waals surface area (Å²) in [6, 6.07) is 13.3. The predicted octanol–water partition coefficient (Wildman–Crippen LogP) is 1.74. The zero-order valence-corrected chi connectivity index (χ0v) is 15.9. The molecule has 1 fully saturated rings. The number of esters is 1. The Labute approximate surface area is 167 Å². The molecule has 0 saturated heterocycles. The second-order valence-corrected chi connectivity index (χ2v) is 6.60. The first kappa shape index (κ1) is 20.2. The van der Waals surface area contributed by atoms with Crippen molar-refractivity contribution >= 4 is 17.8 Å². The van der Waals surface area contributed by atoms with Crippen molar-refractivity contribution in [3.8, 4) is 11.5 Å². The van der Waals surface area contributed by atoms with E-state index in [2.05, 4.69) is 5.32 Å². The van der Waals surface area contributed by atoms with Crippen LogP contribution < -0.4 is 20.5 Å². The molecule has 29 heavy (non-hydrogen) atoms. The van der Waals surface area contributed by atoms with E-state index in [0.717, 1.165) is 12.8 Å². The summed E-state index contributed by atoms with van der Waals surface area (Å²) in [5, 5.41) is 2.86. The number of methoxy groups -OCH3 is 1. The fraction of sp³-hybridized carbons (Fsp3) is 0.286. The summed E-state index contributed by atoms with van der Waals surface area (Å²) >= 11 is 0. The van der Waals surface area contributed by atoms with Crippen LogP contribution in [0, 0.1) is 0 Å². The minimum Gasteiger partial charge on any atom is -0.493 e. The summed E-state index contributed by atoms with van der Waals surface area (Å²) in [5.41, 5.74) is 5.82. The van der Waals surface area contributed by atoms with Gasteiger partial charge in [-0.05, 0) is 31.0 Å². The van der Waals surface area contributed by atoms with E-state index in [1.54, 1.807) is 24.3 Å². The topological polar surface area (TPSA) is 117 Å². The van der Waals surface area contributed by atoms with Crippen LogP contribution in [0.3, 0.4) is 0 Å². The number of carbonyl (C=O) groups is 3. The van der Waals surface area contributed by atoms with Crippen molar-refractivity contribution < 1.29 is 28.6 Å². The van der Waals surface area contributed by atoms with Gasteiger partial charge in [0.2, 0.25) is 6.10 Å². The normalized spacial score (nSPS) is 13.8. The predicted molar refractivity (Wildman–Crippen MR) is 103 cm³/mol. The van der Waals surface area contributed by atoms with Gasteiger partial charge in [0.25, 0.3) is 11.8 Å². The first-order valence-corrected chi connectivity index (χ1v) is 9.13. The molecule has 0 spiro atoms. The van der Waals surface area contributed by atoms with Crippen molar-refractivity contribution in [2.75, 3.05) is 13.7 Å². The van der Waals surface area contributed by atoms with Gasteiger partial charge >= 0.3 is 5.97 Å². The number of ether oxygens (including phenoxy) is 3. The van der Waals surface area contributed by atoms with E-state index in [4.69, 9.17) is 19.9 Å². The minimum absolute atomic E-state index is 0.134. The highest BCUT2D eigenvalue weighted by Gasteiger charge is 2.31. The number of hydrogen-bond acceptors (Lipinski definition) is 6. The highest BCUT2D eigenvalue weighted by Crippen LogP contribution is 2.29. The van der Waals surface area contributed by atoms with E-state index >= 15 is 0 Å². The van der Waals surface area contributed by atoms with Crippen LogP contribution in [0.15, 0.2) is 48.5 Å². The fourth-order valence-electron chi connectivity index (χ4n) is 2.64. The van der Waals surface area contributed by atoms with Crippen molar-refractivity contribution in [1.82, 2.24) is 5.32 Å². The lowest BCUT2D eigenvalue weighted by molar-refractivity contribution is -0.130. The lowest BCUT2D eigenvalue weighted by Gasteiger charge is -2.18. The molecule has 0 aliphatic heterocycles. The Morgan fingerprint density at radius 2 is 1.83 bits per heavy atom. The molecule has 0 aromatic heterocycles. The van der Waals surface area contributed by atoms with Crippen molar-refractivity contribution in [1.29, 1.82) is 0 Å². The third kappa shape index (κ3) is 5.47. The third-order valence-corrected chi connectivity index (χ3v) is 4.26. The van der Waals surface area contributed by atoms with E-state index < -0.39 is 18.0 Å². The molecule has 3 rings (SSSR count). The molecule has 152 valence electrons. The number of hydrogen-bond donors (Lipinski definition) is 2. The Kier molecular flexibility index (Phi) is 6.33. The number of rotatable bonds is 9. The summed E-state index contributed by atoms with van der Waals surface area (Å²) < 4.78 is 16.0. The van der Waals surface area contributed by atoms with Gasteiger partial charge in [0.05, 0.1) is 12.7 Å². The van der Waals surface area contributed by atoms with Crippen LogP contribution in [-0.4, -0.2) is 37.5 Å². The average molecular weight is 398 g/mol. The molecule has 8 heteroatoms. The molecule has 1 atom stereocenters. The van der Waals surface area contributed by atoms with Crippen LogP contribution in [0.4, 0.5) is 0 Å². The van der Waals surface area contributed by atoms with Crippen LogP contribution in [0.1, 0.15) is 34.9 Å². The summed E-state index contributed by atoms with van der Waals surface area (Å²) in [6.07, 6.45) is 0.775. The van der Waals surface area contributed by atoms with Gasteiger partial charge in [0.1, 0.15) is 0 Å². The van der Waals surface area contributed by atoms with Crippen molar-refractivity contribution in [3.05, 3.63) is 59.7 Å². The smallest absolute Gasteiger partial charge is 0.339 e. The van der Waals surface area contributed by atoms with Crippen LogP contribution in [0.5, 0.6) is 11.5 Å². The molecule has 2 aromatic carbocycles. The van der Waals surface area contributed by atoms with Gasteiger partial charge in [-0.15, -0.1) is 0 Å². The summed E-state index contributed by atoms with van der Waals surface area (Å²) in [5.74, 6) is -1.19. The molecule has 1 aliphatic rings. The number of primary amides is 1. The molecule has 0 bridgehead atoms. The summed E-state index contributed by atoms with van der Waals surface area (Å²) in [7, 11) is 1.40. The van der Waals surface area contributed by atoms with E-state index in [1.165, 1.54) is 25.3 Å². The second-order valence-electron chi connectivity index (χ2n) is 6.60. The maximum Gasteiger partial charge on any atom is 0.339 e. The molecule has 2 amide bonds. The SMILES string of the molecule is COc1cc(C(=O)OC(C(=O)NC2CC2)c2ccccc2)ccc1OCC(N)=O. The largest absolute Gasteiger partial charge is 0.493 e. The van der Waals surface area contributed by atoms with Crippen LogP contribution in [-0.2, 0) is 14.3 Å². The summed E-state index contributed by atoms with van der Waals surface area (Å²) in [4.78, 5) is 36.2. The lowest BCUT2D eigenvalue weighted by Crippen LogP contribution is -2.33. The third-order valence-electron chi connectivity index (χ3n) is 4.26. The average Bonchev–Trinajstić information content (AvgIpc) is 3.54. The lowest BCUT2D eigenvalue weighted by atomic mass is 10.1. The highest BCUT2D eigenvalue weighted by molar-refractivity contribution is 5.93. The number of nitrogens with one attached hydrogen (secondary N) is 1. The van der Waals surface area contributed by atoms with E-state index in [1.807, 2.05) is 6.07 Å². The van der Waals surface area contributed by atoms with Crippen LogP contribution >= 0.6 is 0 Å². The van der Waals surface area contributed by atoms with Gasteiger partial charge in [-0.3, -0.25) is 9.59 Å². The van der Waals surface area contributed by atoms with Gasteiger partial charge in [0, 0.05) is 11.6 Å². The van der Waals surface area contributed by atoms with Crippen LogP contribution in [0.25, 0.3) is 0 Å². The molecular formula is C21H22N2O6. The Morgan fingerprint density at radius 1 is 1.10 bits per heavy atom. The zero-order chi connectivity index (χ0) is 20.8. The monoisotopic (exact) mass is 398 g/mol. The number of amides is 2. The van der Waals surface area contributed by atoms with Gasteiger partial charge in [-0.1, -0.05) is 30.3 Å². The molecule has 3 N–H and O–H groups in total. The number of carbonyl (C=O) groups excluding carboxylic acids is 3. The van der Waals surface area contributed by atoms with Gasteiger partial charge in [0.15, 0.2) is 18.1 Å².